The van der Waals surface area contributed by atoms with Crippen molar-refractivity contribution >= 4 is 20.9 Å². The van der Waals surface area contributed by atoms with Gasteiger partial charge in [-0.25, -0.2) is 0 Å². The number of unbranched alkanes of at least 4 members (excludes halogenated alkanes) is 1. The zero-order valence-electron chi connectivity index (χ0n) is 16.2. The first-order valence-electron chi connectivity index (χ1n) is 8.58. The predicted molar refractivity (Wildman–Crippen MR) is 103 cm³/mol. The van der Waals surface area contributed by atoms with Gasteiger partial charge in [0.05, 0.1) is 5.92 Å². The molecule has 0 saturated heterocycles. The van der Waals surface area contributed by atoms with E-state index in [0.29, 0.717) is 12.8 Å². The van der Waals surface area contributed by atoms with E-state index in [-0.39, 0.29) is 17.1 Å². The Hall–Kier alpha value is -1.54. The molecule has 0 aliphatic rings. The predicted octanol–water partition coefficient (Wildman–Crippen LogP) is 5.58. The quantitative estimate of drug-likeness (QED) is 0.389. The zero-order valence-corrected chi connectivity index (χ0v) is 17.2. The van der Waals surface area contributed by atoms with E-state index in [4.69, 9.17) is 4.57 Å². The van der Waals surface area contributed by atoms with Crippen LogP contribution in [0.5, 0.6) is 0 Å². The minimum Gasteiger partial charge on any atom is -0.481 e. The van der Waals surface area contributed by atoms with Gasteiger partial charge in [0.25, 0.3) is 0 Å². The molecule has 1 atom stereocenters. The number of benzene rings is 1. The van der Waals surface area contributed by atoms with Crippen molar-refractivity contribution in [2.75, 3.05) is 0 Å². The largest absolute Gasteiger partial charge is 0.481 e. The maximum atomic E-state index is 12.5. The molecule has 1 unspecified atom stereocenters. The van der Waals surface area contributed by atoms with Crippen LogP contribution in [0.4, 0.5) is 0 Å². The average Bonchev–Trinajstić information content (AvgIpc) is 2.46. The van der Waals surface area contributed by atoms with Crippen molar-refractivity contribution in [3.05, 3.63) is 34.4 Å². The highest BCUT2D eigenvalue weighted by Crippen LogP contribution is 2.30. The molecular weight excluding hydrogens is 335 g/mol. The van der Waals surface area contributed by atoms with E-state index in [1.807, 2.05) is 53.7 Å². The smallest absolute Gasteiger partial charge is 0.307 e. The Bertz CT molecular complexity index is 579. The first kappa shape index (κ1) is 23.5. The second-order valence-corrected chi connectivity index (χ2v) is 7.70. The van der Waals surface area contributed by atoms with Crippen molar-refractivity contribution in [2.24, 2.45) is 11.3 Å². The second kappa shape index (κ2) is 10.5. The summed E-state index contributed by atoms with van der Waals surface area (Å²) in [5.41, 5.74) is 3.82. The van der Waals surface area contributed by atoms with Crippen molar-refractivity contribution in [3.8, 4) is 0 Å². The minimum atomic E-state index is -0.742. The van der Waals surface area contributed by atoms with Crippen LogP contribution >= 0.6 is 9.12 Å². The van der Waals surface area contributed by atoms with E-state index >= 15 is 0 Å². The topological polar surface area (TPSA) is 71.4 Å². The highest BCUT2D eigenvalue weighted by molar-refractivity contribution is 7.00. The Balaban J connectivity index is 0.00000277. The summed E-state index contributed by atoms with van der Waals surface area (Å²) in [4.78, 5) is 23.8. The Morgan fingerprint density at radius 1 is 1.04 bits per heavy atom. The van der Waals surface area contributed by atoms with Gasteiger partial charge in [-0.1, -0.05) is 44.9 Å². The van der Waals surface area contributed by atoms with Gasteiger partial charge in [-0.2, -0.15) is 0 Å². The minimum absolute atomic E-state index is 0.169. The number of ketones is 1. The lowest BCUT2D eigenvalue weighted by molar-refractivity contribution is -0.145. The van der Waals surface area contributed by atoms with Gasteiger partial charge in [-0.3, -0.25) is 14.2 Å². The lowest BCUT2D eigenvalue weighted by Crippen LogP contribution is -2.28. The molecule has 1 rings (SSSR count). The number of aliphatic carboxylic acids is 1. The van der Waals surface area contributed by atoms with Crippen molar-refractivity contribution in [3.63, 3.8) is 0 Å². The van der Waals surface area contributed by atoms with Crippen molar-refractivity contribution in [2.45, 2.75) is 67.2 Å². The molecule has 0 saturated carbocycles. The molecule has 0 heterocycles. The summed E-state index contributed by atoms with van der Waals surface area (Å²) in [5.74, 6) is -0.933. The average molecular weight is 366 g/mol. The fraction of sp³-hybridized carbons (Fsp3) is 0.600. The van der Waals surface area contributed by atoms with Crippen LogP contribution in [0.2, 0.25) is 0 Å². The lowest BCUT2D eigenvalue weighted by Gasteiger charge is -2.26. The normalized spacial score (nSPS) is 12.1. The molecule has 4 nitrogen and oxygen atoms in total. The molecule has 0 radical (unpaired) electrons. The van der Waals surface area contributed by atoms with Gasteiger partial charge in [0, 0.05) is 12.0 Å². The molecular formula is C20H31O4P. The Labute approximate surface area is 153 Å². The first-order valence-corrected chi connectivity index (χ1v) is 8.99. The molecule has 1 aromatic carbocycles. The number of carboxylic acid groups (broad SMARTS) is 1. The number of aryl methyl sites for hydroxylation is 3. The fourth-order valence-corrected chi connectivity index (χ4v) is 3.31. The van der Waals surface area contributed by atoms with Crippen LogP contribution < -0.4 is 0 Å². The SMILES string of the molecule is Cc1cc(C)c(C(=O)CCCCC(C(=O)O)C(C)(C)C)c(C)c1.O=P. The molecule has 0 aliphatic carbocycles. The van der Waals surface area contributed by atoms with E-state index in [1.54, 1.807) is 9.12 Å². The monoisotopic (exact) mass is 366 g/mol. The number of carbonyl (C=O) groups is 2. The maximum absolute atomic E-state index is 12.5. The van der Waals surface area contributed by atoms with Crippen LogP contribution in [0.3, 0.4) is 0 Å². The summed E-state index contributed by atoms with van der Waals surface area (Å²) in [7, 11) is 1.72. The lowest BCUT2D eigenvalue weighted by atomic mass is 9.78. The third-order valence-electron chi connectivity index (χ3n) is 4.45. The van der Waals surface area contributed by atoms with Gasteiger partial charge in [-0.05, 0) is 50.2 Å². The van der Waals surface area contributed by atoms with E-state index in [0.717, 1.165) is 29.5 Å². The van der Waals surface area contributed by atoms with Crippen molar-refractivity contribution in [1.29, 1.82) is 0 Å². The number of hydrogen-bond acceptors (Lipinski definition) is 3. The van der Waals surface area contributed by atoms with Gasteiger partial charge in [0.15, 0.2) is 5.78 Å². The molecule has 0 bridgehead atoms. The van der Waals surface area contributed by atoms with Gasteiger partial charge in [-0.15, -0.1) is 0 Å². The number of carboxylic acids is 1. The maximum Gasteiger partial charge on any atom is 0.307 e. The first-order chi connectivity index (χ1) is 11.5. The number of rotatable bonds is 7. The number of carbonyl (C=O) groups excluding carboxylic acids is 1. The molecule has 5 heteroatoms. The van der Waals surface area contributed by atoms with E-state index in [9.17, 15) is 14.7 Å². The molecule has 140 valence electrons. The fourth-order valence-electron chi connectivity index (χ4n) is 3.31. The Kier molecular flexibility index (Phi) is 9.81. The Morgan fingerprint density at radius 3 is 1.92 bits per heavy atom. The summed E-state index contributed by atoms with van der Waals surface area (Å²) < 4.78 is 8.06. The number of Topliss-reactive ketones (excluding diaryl/α,β-unsaturated/α-hetero) is 1. The van der Waals surface area contributed by atoms with Crippen molar-refractivity contribution < 1.29 is 19.3 Å². The van der Waals surface area contributed by atoms with Gasteiger partial charge in [0.2, 0.25) is 0 Å². The highest BCUT2D eigenvalue weighted by atomic mass is 31.0. The summed E-state index contributed by atoms with van der Waals surface area (Å²) in [6.45, 7) is 11.9. The summed E-state index contributed by atoms with van der Waals surface area (Å²) in [5, 5.41) is 9.33. The van der Waals surface area contributed by atoms with Crippen LogP contribution in [0, 0.1) is 32.1 Å². The number of hydrogen-bond donors (Lipinski definition) is 1. The van der Waals surface area contributed by atoms with E-state index in [2.05, 4.69) is 0 Å². The highest BCUT2D eigenvalue weighted by Gasteiger charge is 2.30. The van der Waals surface area contributed by atoms with Crippen LogP contribution in [-0.4, -0.2) is 16.9 Å². The van der Waals surface area contributed by atoms with Gasteiger partial charge >= 0.3 is 5.97 Å². The van der Waals surface area contributed by atoms with E-state index < -0.39 is 5.97 Å². The molecule has 25 heavy (non-hydrogen) atoms. The zero-order chi connectivity index (χ0) is 19.8. The van der Waals surface area contributed by atoms with Crippen LogP contribution in [-0.2, 0) is 9.36 Å². The summed E-state index contributed by atoms with van der Waals surface area (Å²) in [6.07, 6.45) is 2.62. The Morgan fingerprint density at radius 2 is 1.52 bits per heavy atom. The summed E-state index contributed by atoms with van der Waals surface area (Å²) in [6, 6.07) is 4.08. The van der Waals surface area contributed by atoms with Crippen LogP contribution in [0.1, 0.15) is 73.5 Å². The van der Waals surface area contributed by atoms with Crippen LogP contribution in [0.25, 0.3) is 0 Å². The van der Waals surface area contributed by atoms with Gasteiger partial charge in [0.1, 0.15) is 9.12 Å². The molecule has 0 spiro atoms. The third kappa shape index (κ3) is 7.48. The molecule has 1 N–H and O–H groups in total. The molecule has 0 fully saturated rings. The van der Waals surface area contributed by atoms with Crippen molar-refractivity contribution in [1.82, 2.24) is 0 Å². The standard InChI is InChI=1S/C20H30O3.HOP/c1-13-11-14(2)18(15(3)12-13)17(21)10-8-7-9-16(19(22)23)20(4,5)6;1-2/h11-12,16H,7-10H2,1-6H3,(H,22,23);2H. The molecule has 1 aromatic rings. The third-order valence-corrected chi connectivity index (χ3v) is 4.45. The van der Waals surface area contributed by atoms with E-state index in [1.165, 1.54) is 5.56 Å². The van der Waals surface area contributed by atoms with Crippen LogP contribution in [0.15, 0.2) is 12.1 Å². The second-order valence-electron chi connectivity index (χ2n) is 7.70. The molecule has 0 amide bonds. The summed E-state index contributed by atoms with van der Waals surface area (Å²) >= 11 is 0. The molecule has 0 aliphatic heterocycles. The van der Waals surface area contributed by atoms with Gasteiger partial charge < -0.3 is 5.11 Å². The molecule has 0 aromatic heterocycles.